The van der Waals surface area contributed by atoms with Crippen molar-refractivity contribution in [1.82, 2.24) is 0 Å². The van der Waals surface area contributed by atoms with Crippen molar-refractivity contribution in [3.63, 3.8) is 0 Å². The zero-order valence-electron chi connectivity index (χ0n) is 7.64. The second-order valence-electron chi connectivity index (χ2n) is 2.30. The van der Waals surface area contributed by atoms with Crippen LogP contribution >= 0.6 is 0 Å². The van der Waals surface area contributed by atoms with Gasteiger partial charge in [0.15, 0.2) is 6.10 Å². The lowest BCUT2D eigenvalue weighted by atomic mass is 10.2. The van der Waals surface area contributed by atoms with Gasteiger partial charge in [-0.05, 0) is 0 Å². The molecule has 0 aliphatic carbocycles. The van der Waals surface area contributed by atoms with Gasteiger partial charge in [0.1, 0.15) is 6.61 Å². The van der Waals surface area contributed by atoms with E-state index in [2.05, 4.69) is 22.6 Å². The fourth-order valence-corrected chi connectivity index (χ4v) is 0.620. The summed E-state index contributed by atoms with van der Waals surface area (Å²) < 4.78 is 8.80. The van der Waals surface area contributed by atoms with Gasteiger partial charge in [-0.2, -0.15) is 0 Å². The van der Waals surface area contributed by atoms with Gasteiger partial charge in [-0.1, -0.05) is 19.2 Å². The monoisotopic (exact) mass is 200 g/mol. The molecule has 0 radical (unpaired) electrons. The molecule has 14 heavy (non-hydrogen) atoms. The number of aliphatic hydroxyl groups is 1. The van der Waals surface area contributed by atoms with Crippen molar-refractivity contribution in [3.05, 3.63) is 25.5 Å². The van der Waals surface area contributed by atoms with Gasteiger partial charge >= 0.3 is 11.9 Å². The van der Waals surface area contributed by atoms with E-state index in [1.54, 1.807) is 0 Å². The van der Waals surface area contributed by atoms with Crippen LogP contribution in [0.15, 0.2) is 25.5 Å². The summed E-state index contributed by atoms with van der Waals surface area (Å²) in [6, 6.07) is 0. The quantitative estimate of drug-likeness (QED) is 0.375. The molecule has 0 amide bonds. The van der Waals surface area contributed by atoms with Gasteiger partial charge < -0.3 is 14.6 Å². The molecule has 0 spiro atoms. The number of hydrogen-bond acceptors (Lipinski definition) is 5. The van der Waals surface area contributed by atoms with Crippen LogP contribution in [-0.2, 0) is 19.1 Å². The van der Waals surface area contributed by atoms with Crippen LogP contribution in [0.2, 0.25) is 0 Å². The van der Waals surface area contributed by atoms with Crippen molar-refractivity contribution in [2.45, 2.75) is 12.5 Å². The normalized spacial score (nSPS) is 11.2. The second kappa shape index (κ2) is 6.85. The Hall–Kier alpha value is -1.62. The maximum atomic E-state index is 10.9. The van der Waals surface area contributed by atoms with Gasteiger partial charge in [0, 0.05) is 0 Å². The van der Waals surface area contributed by atoms with Gasteiger partial charge in [-0.15, -0.1) is 0 Å². The van der Waals surface area contributed by atoms with E-state index >= 15 is 0 Å². The van der Waals surface area contributed by atoms with Gasteiger partial charge in [0.05, 0.1) is 12.7 Å². The van der Waals surface area contributed by atoms with Crippen molar-refractivity contribution in [2.75, 3.05) is 6.61 Å². The van der Waals surface area contributed by atoms with E-state index in [-0.39, 0.29) is 6.61 Å². The molecule has 0 aromatic rings. The average Bonchev–Trinajstić information content (AvgIpc) is 2.14. The number of carbonyl (C=O) groups is 2. The van der Waals surface area contributed by atoms with E-state index in [1.807, 2.05) is 0 Å². The van der Waals surface area contributed by atoms with Crippen LogP contribution in [-0.4, -0.2) is 29.8 Å². The lowest BCUT2D eigenvalue weighted by Gasteiger charge is -2.07. The first-order valence-electron chi connectivity index (χ1n) is 3.87. The lowest BCUT2D eigenvalue weighted by molar-refractivity contribution is -0.157. The van der Waals surface area contributed by atoms with E-state index < -0.39 is 24.5 Å². The molecule has 1 unspecified atom stereocenters. The molecule has 1 N–H and O–H groups in total. The molecule has 0 aromatic carbocycles. The predicted octanol–water partition coefficient (Wildman–Crippen LogP) is 0.153. The first-order chi connectivity index (χ1) is 6.61. The highest BCUT2D eigenvalue weighted by Gasteiger charge is 2.20. The molecule has 0 aliphatic rings. The van der Waals surface area contributed by atoms with Crippen molar-refractivity contribution in [2.24, 2.45) is 0 Å². The minimum atomic E-state index is -1.51. The molecule has 5 nitrogen and oxygen atoms in total. The molecule has 0 aromatic heterocycles. The Morgan fingerprint density at radius 3 is 2.57 bits per heavy atom. The maximum Gasteiger partial charge on any atom is 0.335 e. The number of carbonyl (C=O) groups excluding carboxylic acids is 2. The van der Waals surface area contributed by atoms with Crippen LogP contribution in [0.4, 0.5) is 0 Å². The summed E-state index contributed by atoms with van der Waals surface area (Å²) in [4.78, 5) is 21.6. The summed E-state index contributed by atoms with van der Waals surface area (Å²) in [7, 11) is 0. The minimum absolute atomic E-state index is 0.00754. The topological polar surface area (TPSA) is 72.8 Å². The van der Waals surface area contributed by atoms with Crippen molar-refractivity contribution < 1.29 is 24.2 Å². The second-order valence-corrected chi connectivity index (χ2v) is 2.30. The highest BCUT2D eigenvalue weighted by Crippen LogP contribution is 1.98. The largest absolute Gasteiger partial charge is 0.460 e. The van der Waals surface area contributed by atoms with Crippen LogP contribution < -0.4 is 0 Å². The molecule has 0 bridgehead atoms. The van der Waals surface area contributed by atoms with Gasteiger partial charge in [0.2, 0.25) is 0 Å². The van der Waals surface area contributed by atoms with E-state index in [4.69, 9.17) is 5.11 Å². The Morgan fingerprint density at radius 1 is 1.43 bits per heavy atom. The predicted molar refractivity (Wildman–Crippen MR) is 48.1 cm³/mol. The van der Waals surface area contributed by atoms with Crippen LogP contribution in [0.3, 0.4) is 0 Å². The average molecular weight is 200 g/mol. The van der Waals surface area contributed by atoms with Crippen molar-refractivity contribution >= 4 is 11.9 Å². The third-order valence-electron chi connectivity index (χ3n) is 1.19. The van der Waals surface area contributed by atoms with E-state index in [9.17, 15) is 9.59 Å². The molecule has 0 aliphatic heterocycles. The number of ether oxygens (including phenoxy) is 2. The zero-order chi connectivity index (χ0) is 11.0. The summed E-state index contributed by atoms with van der Waals surface area (Å²) in [6.45, 7) is 6.46. The molecular formula is C9H12O5. The fourth-order valence-electron chi connectivity index (χ4n) is 0.620. The standard InChI is InChI=1S/C9H12O5/c1-3-5-14-9(12)7(10)6-8(11)13-4-2/h3-4,7,10H,1-2,5-6H2. The van der Waals surface area contributed by atoms with Crippen molar-refractivity contribution in [1.29, 1.82) is 0 Å². The summed E-state index contributed by atoms with van der Waals surface area (Å²) in [5, 5.41) is 9.10. The minimum Gasteiger partial charge on any atom is -0.460 e. The summed E-state index contributed by atoms with van der Waals surface area (Å²) >= 11 is 0. The molecule has 0 rings (SSSR count). The molecule has 0 saturated carbocycles. The Bertz CT molecular complexity index is 233. The highest BCUT2D eigenvalue weighted by molar-refractivity contribution is 5.81. The Kier molecular flexibility index (Phi) is 6.06. The zero-order valence-corrected chi connectivity index (χ0v) is 7.64. The van der Waals surface area contributed by atoms with E-state index in [0.717, 1.165) is 6.26 Å². The molecule has 78 valence electrons. The van der Waals surface area contributed by atoms with Gasteiger partial charge in [-0.25, -0.2) is 4.79 Å². The van der Waals surface area contributed by atoms with Crippen LogP contribution in [0.5, 0.6) is 0 Å². The Balaban J connectivity index is 3.87. The summed E-state index contributed by atoms with van der Waals surface area (Å²) in [5.41, 5.74) is 0. The first-order valence-corrected chi connectivity index (χ1v) is 3.87. The molecule has 0 fully saturated rings. The number of aliphatic hydroxyl groups excluding tert-OH is 1. The Labute approximate surface area is 81.6 Å². The molecule has 5 heteroatoms. The summed E-state index contributed by atoms with van der Waals surface area (Å²) in [5.74, 6) is -1.63. The van der Waals surface area contributed by atoms with Gasteiger partial charge in [-0.3, -0.25) is 4.79 Å². The SMILES string of the molecule is C=CCOC(=O)C(O)CC(=O)OC=C. The van der Waals surface area contributed by atoms with Crippen LogP contribution in [0, 0.1) is 0 Å². The molecule has 0 saturated heterocycles. The number of rotatable bonds is 6. The van der Waals surface area contributed by atoms with Gasteiger partial charge in [0.25, 0.3) is 0 Å². The fraction of sp³-hybridized carbons (Fsp3) is 0.333. The smallest absolute Gasteiger partial charge is 0.335 e. The molecule has 1 atom stereocenters. The third kappa shape index (κ3) is 5.10. The summed E-state index contributed by atoms with van der Waals surface area (Å²) in [6.07, 6.45) is 0.307. The van der Waals surface area contributed by atoms with Crippen molar-refractivity contribution in [3.8, 4) is 0 Å². The third-order valence-corrected chi connectivity index (χ3v) is 1.19. The number of esters is 2. The first kappa shape index (κ1) is 12.4. The number of hydrogen-bond donors (Lipinski definition) is 1. The molecular weight excluding hydrogens is 188 g/mol. The highest BCUT2D eigenvalue weighted by atomic mass is 16.5. The maximum absolute atomic E-state index is 10.9. The van der Waals surface area contributed by atoms with Crippen LogP contribution in [0.25, 0.3) is 0 Å². The Morgan fingerprint density at radius 2 is 2.07 bits per heavy atom. The van der Waals surface area contributed by atoms with Crippen LogP contribution in [0.1, 0.15) is 6.42 Å². The lowest BCUT2D eigenvalue weighted by Crippen LogP contribution is -2.26. The van der Waals surface area contributed by atoms with E-state index in [0.29, 0.717) is 0 Å². The van der Waals surface area contributed by atoms with E-state index in [1.165, 1.54) is 6.08 Å². The molecule has 0 heterocycles.